The third-order valence-electron chi connectivity index (χ3n) is 3.95. The number of carbonyl (C=O) groups is 3. The monoisotopic (exact) mass is 418 g/mol. The molecule has 0 atom stereocenters. The lowest BCUT2D eigenvalue weighted by molar-refractivity contribution is -0.120. The average Bonchev–Trinajstić information content (AvgIpc) is 2.90. The number of ether oxygens (including phenoxy) is 1. The Morgan fingerprint density at radius 2 is 1.71 bits per heavy atom. The van der Waals surface area contributed by atoms with Crippen molar-refractivity contribution in [3.05, 3.63) is 69.8 Å². The van der Waals surface area contributed by atoms with Crippen molar-refractivity contribution in [3.63, 3.8) is 0 Å². The van der Waals surface area contributed by atoms with E-state index >= 15 is 0 Å². The van der Waals surface area contributed by atoms with Crippen molar-refractivity contribution in [2.45, 2.75) is 13.3 Å². The predicted molar refractivity (Wildman–Crippen MR) is 107 cm³/mol. The number of amides is 2. The van der Waals surface area contributed by atoms with Crippen molar-refractivity contribution >= 4 is 52.4 Å². The van der Waals surface area contributed by atoms with Crippen LogP contribution >= 0.6 is 23.2 Å². The number of halogens is 2. The Balaban J connectivity index is 1.79. The molecule has 1 N–H and O–H groups in total. The van der Waals surface area contributed by atoms with Gasteiger partial charge >= 0.3 is 5.97 Å². The fourth-order valence-corrected chi connectivity index (χ4v) is 3.01. The Morgan fingerprint density at radius 1 is 1.04 bits per heavy atom. The molecule has 2 aromatic rings. The molecule has 28 heavy (non-hydrogen) atoms. The SMILES string of the molecule is CCCOC(=O)c1ccc(NC2=C(Cl)C(=O)N(c3ccccc3Cl)C2=O)cc1. The molecule has 0 fully saturated rings. The van der Waals surface area contributed by atoms with Crippen molar-refractivity contribution in [1.82, 2.24) is 0 Å². The molecule has 3 rings (SSSR count). The fraction of sp³-hybridized carbons (Fsp3) is 0.150. The average molecular weight is 419 g/mol. The van der Waals surface area contributed by atoms with Crippen molar-refractivity contribution in [1.29, 1.82) is 0 Å². The van der Waals surface area contributed by atoms with Gasteiger partial charge in [-0.15, -0.1) is 0 Å². The zero-order valence-electron chi connectivity index (χ0n) is 14.9. The lowest BCUT2D eigenvalue weighted by Gasteiger charge is -2.16. The molecule has 1 aliphatic rings. The maximum Gasteiger partial charge on any atom is 0.338 e. The molecule has 0 saturated carbocycles. The number of hydrogen-bond acceptors (Lipinski definition) is 5. The van der Waals surface area contributed by atoms with Crippen LogP contribution in [0.15, 0.2) is 59.3 Å². The van der Waals surface area contributed by atoms with E-state index in [4.69, 9.17) is 27.9 Å². The summed E-state index contributed by atoms with van der Waals surface area (Å²) >= 11 is 12.2. The van der Waals surface area contributed by atoms with Gasteiger partial charge < -0.3 is 10.1 Å². The van der Waals surface area contributed by atoms with Gasteiger partial charge in [0.2, 0.25) is 0 Å². The first kappa shape index (κ1) is 19.9. The molecule has 0 saturated heterocycles. The summed E-state index contributed by atoms with van der Waals surface area (Å²) < 4.78 is 5.07. The number of hydrogen-bond donors (Lipinski definition) is 1. The molecule has 144 valence electrons. The summed E-state index contributed by atoms with van der Waals surface area (Å²) in [6.45, 7) is 2.25. The van der Waals surface area contributed by atoms with Gasteiger partial charge in [0.25, 0.3) is 11.8 Å². The predicted octanol–water partition coefficient (Wildman–Crippen LogP) is 4.34. The Hall–Kier alpha value is -2.83. The van der Waals surface area contributed by atoms with Crippen molar-refractivity contribution in [2.24, 2.45) is 0 Å². The molecule has 0 unspecified atom stereocenters. The summed E-state index contributed by atoms with van der Waals surface area (Å²) in [7, 11) is 0. The van der Waals surface area contributed by atoms with Crippen LogP contribution in [0.5, 0.6) is 0 Å². The molecule has 0 spiro atoms. The largest absolute Gasteiger partial charge is 0.462 e. The highest BCUT2D eigenvalue weighted by Gasteiger charge is 2.39. The van der Waals surface area contributed by atoms with Crippen molar-refractivity contribution in [3.8, 4) is 0 Å². The maximum atomic E-state index is 12.7. The van der Waals surface area contributed by atoms with Gasteiger partial charge in [-0.3, -0.25) is 9.59 Å². The smallest absolute Gasteiger partial charge is 0.338 e. The standard InChI is InChI=1S/C20H16Cl2N2O4/c1-2-11-28-20(27)12-7-9-13(10-8-12)23-17-16(22)18(25)24(19(17)26)15-6-4-3-5-14(15)21/h3-10,23H,2,11H2,1H3. The van der Waals surface area contributed by atoms with Gasteiger partial charge in [0.05, 0.1) is 22.9 Å². The number of nitrogens with one attached hydrogen (secondary N) is 1. The number of esters is 1. The maximum absolute atomic E-state index is 12.7. The number of carbonyl (C=O) groups excluding carboxylic acids is 3. The van der Waals surface area contributed by atoms with E-state index in [0.717, 1.165) is 11.3 Å². The summed E-state index contributed by atoms with van der Waals surface area (Å²) in [5.74, 6) is -1.71. The van der Waals surface area contributed by atoms with E-state index < -0.39 is 17.8 Å². The van der Waals surface area contributed by atoms with Crippen molar-refractivity contribution in [2.75, 3.05) is 16.8 Å². The molecule has 0 aliphatic carbocycles. The van der Waals surface area contributed by atoms with Crippen LogP contribution in [0.3, 0.4) is 0 Å². The quantitative estimate of drug-likeness (QED) is 0.557. The Bertz CT molecular complexity index is 970. The van der Waals surface area contributed by atoms with Crippen LogP contribution in [0.4, 0.5) is 11.4 Å². The highest BCUT2D eigenvalue weighted by Crippen LogP contribution is 2.34. The van der Waals surface area contributed by atoms with Crippen LogP contribution in [0.25, 0.3) is 0 Å². The Labute approximate surface area is 171 Å². The summed E-state index contributed by atoms with van der Waals surface area (Å²) in [6, 6.07) is 12.8. The molecule has 1 aliphatic heterocycles. The van der Waals surface area contributed by atoms with E-state index in [-0.39, 0.29) is 21.4 Å². The third-order valence-corrected chi connectivity index (χ3v) is 4.62. The molecule has 2 aromatic carbocycles. The van der Waals surface area contributed by atoms with Gasteiger partial charge in [-0.2, -0.15) is 0 Å². The van der Waals surface area contributed by atoms with Crippen LogP contribution in [0, 0.1) is 0 Å². The van der Waals surface area contributed by atoms with Crippen LogP contribution in [0.1, 0.15) is 23.7 Å². The van der Waals surface area contributed by atoms with Gasteiger partial charge in [-0.05, 0) is 42.8 Å². The first-order valence-corrected chi connectivity index (χ1v) is 9.27. The van der Waals surface area contributed by atoms with Crippen LogP contribution in [-0.4, -0.2) is 24.4 Å². The summed E-state index contributed by atoms with van der Waals surface area (Å²) in [6.07, 6.45) is 0.732. The highest BCUT2D eigenvalue weighted by atomic mass is 35.5. The minimum atomic E-state index is -0.665. The number of benzene rings is 2. The number of imide groups is 1. The summed E-state index contributed by atoms with van der Waals surface area (Å²) in [5, 5.41) is 2.85. The Morgan fingerprint density at radius 3 is 2.36 bits per heavy atom. The van der Waals surface area contributed by atoms with Crippen LogP contribution in [-0.2, 0) is 14.3 Å². The van der Waals surface area contributed by atoms with Crippen LogP contribution < -0.4 is 10.2 Å². The zero-order valence-corrected chi connectivity index (χ0v) is 16.4. The van der Waals surface area contributed by atoms with Crippen LogP contribution in [0.2, 0.25) is 5.02 Å². The molecule has 0 bridgehead atoms. The van der Waals surface area contributed by atoms with Gasteiger partial charge in [0, 0.05) is 5.69 Å². The second-order valence-electron chi connectivity index (χ2n) is 5.92. The highest BCUT2D eigenvalue weighted by molar-refractivity contribution is 6.53. The number of para-hydroxylation sites is 1. The second-order valence-corrected chi connectivity index (χ2v) is 6.71. The minimum Gasteiger partial charge on any atom is -0.462 e. The summed E-state index contributed by atoms with van der Waals surface area (Å²) in [4.78, 5) is 38.0. The molecule has 0 radical (unpaired) electrons. The third kappa shape index (κ3) is 3.88. The van der Waals surface area contributed by atoms with Gasteiger partial charge in [0.15, 0.2) is 0 Å². The lowest BCUT2D eigenvalue weighted by atomic mass is 10.2. The lowest BCUT2D eigenvalue weighted by Crippen LogP contribution is -2.32. The molecular formula is C20H16Cl2N2O4. The number of anilines is 2. The van der Waals surface area contributed by atoms with E-state index in [2.05, 4.69) is 5.32 Å². The number of rotatable bonds is 6. The normalized spacial score (nSPS) is 13.9. The van der Waals surface area contributed by atoms with E-state index in [1.54, 1.807) is 48.5 Å². The Kier molecular flexibility index (Phi) is 6.02. The molecule has 2 amide bonds. The van der Waals surface area contributed by atoms with E-state index in [1.165, 1.54) is 0 Å². The molecular weight excluding hydrogens is 403 g/mol. The minimum absolute atomic E-state index is 0.0621. The first-order valence-electron chi connectivity index (χ1n) is 8.51. The van der Waals surface area contributed by atoms with Gasteiger partial charge in [0.1, 0.15) is 10.7 Å². The van der Waals surface area contributed by atoms with Gasteiger partial charge in [-0.25, -0.2) is 9.69 Å². The number of nitrogens with zero attached hydrogens (tertiary/aromatic N) is 1. The first-order chi connectivity index (χ1) is 13.4. The fourth-order valence-electron chi connectivity index (χ4n) is 2.58. The topological polar surface area (TPSA) is 75.7 Å². The molecule has 8 heteroatoms. The van der Waals surface area contributed by atoms with E-state index in [1.807, 2.05) is 6.92 Å². The molecule has 1 heterocycles. The zero-order chi connectivity index (χ0) is 20.3. The molecule has 0 aromatic heterocycles. The van der Waals surface area contributed by atoms with Gasteiger partial charge in [-0.1, -0.05) is 42.3 Å². The summed E-state index contributed by atoms with van der Waals surface area (Å²) in [5.41, 5.74) is 1.06. The molecule has 6 nitrogen and oxygen atoms in total. The second kappa shape index (κ2) is 8.46. The van der Waals surface area contributed by atoms with E-state index in [9.17, 15) is 14.4 Å². The van der Waals surface area contributed by atoms with Crippen molar-refractivity contribution < 1.29 is 19.1 Å². The van der Waals surface area contributed by atoms with E-state index in [0.29, 0.717) is 17.9 Å².